The van der Waals surface area contributed by atoms with Gasteiger partial charge in [0.2, 0.25) is 0 Å². The summed E-state index contributed by atoms with van der Waals surface area (Å²) in [6.07, 6.45) is -2.96. The van der Waals surface area contributed by atoms with Gasteiger partial charge >= 0.3 is 0 Å². The highest BCUT2D eigenvalue weighted by atomic mass is 32.2. The summed E-state index contributed by atoms with van der Waals surface area (Å²) >= 11 is 0. The van der Waals surface area contributed by atoms with Crippen molar-refractivity contribution in [2.75, 3.05) is 6.61 Å². The van der Waals surface area contributed by atoms with Gasteiger partial charge in [-0.2, -0.15) is 8.42 Å². The number of ether oxygens (including phenoxy) is 4. The molecule has 0 unspecified atom stereocenters. The van der Waals surface area contributed by atoms with Crippen LogP contribution in [0.15, 0.2) is 29.2 Å². The molecule has 3 fully saturated rings. The van der Waals surface area contributed by atoms with E-state index in [0.29, 0.717) is 0 Å². The van der Waals surface area contributed by atoms with Crippen LogP contribution in [0.3, 0.4) is 0 Å². The molecule has 7 nitrogen and oxygen atoms in total. The fourth-order valence-electron chi connectivity index (χ4n) is 3.30. The lowest BCUT2D eigenvalue weighted by Gasteiger charge is -2.34. The van der Waals surface area contributed by atoms with Gasteiger partial charge < -0.3 is 18.9 Å². The van der Waals surface area contributed by atoms with Crippen molar-refractivity contribution >= 4 is 10.1 Å². The third-order valence-electron chi connectivity index (χ3n) is 4.40. The van der Waals surface area contributed by atoms with E-state index in [2.05, 4.69) is 0 Å². The first-order valence-corrected chi connectivity index (χ1v) is 9.29. The van der Waals surface area contributed by atoms with Crippen molar-refractivity contribution in [1.29, 1.82) is 0 Å². The van der Waals surface area contributed by atoms with Gasteiger partial charge in [0.05, 0.1) is 11.5 Å². The lowest BCUT2D eigenvalue weighted by atomic mass is 10.0. The number of benzene rings is 1. The van der Waals surface area contributed by atoms with Gasteiger partial charge in [-0.3, -0.25) is 4.18 Å². The minimum Gasteiger partial charge on any atom is -0.347 e. The summed E-state index contributed by atoms with van der Waals surface area (Å²) in [6.45, 7) is 5.67. The van der Waals surface area contributed by atoms with Gasteiger partial charge in [0.1, 0.15) is 24.4 Å². The third kappa shape index (κ3) is 2.77. The van der Waals surface area contributed by atoms with E-state index in [4.69, 9.17) is 23.1 Å². The third-order valence-corrected chi connectivity index (χ3v) is 5.73. The Hall–Kier alpha value is -1.03. The Kier molecular flexibility index (Phi) is 3.76. The van der Waals surface area contributed by atoms with Crippen LogP contribution in [0, 0.1) is 6.92 Å². The summed E-state index contributed by atoms with van der Waals surface area (Å²) in [5, 5.41) is 0. The van der Waals surface area contributed by atoms with Crippen LogP contribution in [0.4, 0.5) is 0 Å². The standard InChI is InChI=1S/C16H20O7S/c1-9-4-6-10(7-5-9)24(17,18)23-12-11-8-19-15(20-11)14-13(12)21-16(2,3)22-14/h4-7,11-15H,8H2,1-3H3/t11-,12+,13-,14+,15+/m1/s1. The highest BCUT2D eigenvalue weighted by molar-refractivity contribution is 7.86. The molecule has 0 spiro atoms. The molecule has 0 radical (unpaired) electrons. The van der Waals surface area contributed by atoms with Gasteiger partial charge in [0.25, 0.3) is 10.1 Å². The molecule has 24 heavy (non-hydrogen) atoms. The first kappa shape index (κ1) is 16.4. The molecule has 5 atom stereocenters. The molecule has 3 aliphatic heterocycles. The van der Waals surface area contributed by atoms with Gasteiger partial charge in [0, 0.05) is 0 Å². The van der Waals surface area contributed by atoms with Crippen molar-refractivity contribution in [1.82, 2.24) is 0 Å². The SMILES string of the molecule is Cc1ccc(S(=O)(=O)O[C@@H]2[C@H]3OC(C)(C)O[C@@H]3[C@H]3OC[C@H]2O3)cc1. The van der Waals surface area contributed by atoms with Crippen LogP contribution in [0.2, 0.25) is 0 Å². The molecule has 0 aromatic heterocycles. The predicted molar refractivity (Wildman–Crippen MR) is 81.7 cm³/mol. The summed E-state index contributed by atoms with van der Waals surface area (Å²) in [5.74, 6) is -0.845. The number of hydrogen-bond acceptors (Lipinski definition) is 7. The first-order valence-electron chi connectivity index (χ1n) is 7.88. The minimum atomic E-state index is -3.95. The highest BCUT2D eigenvalue weighted by Crippen LogP contribution is 2.42. The summed E-state index contributed by atoms with van der Waals surface area (Å²) < 4.78 is 53.7. The Labute approximate surface area is 140 Å². The fraction of sp³-hybridized carbons (Fsp3) is 0.625. The van der Waals surface area contributed by atoms with E-state index in [1.807, 2.05) is 6.92 Å². The summed E-state index contributed by atoms with van der Waals surface area (Å²) in [6, 6.07) is 6.50. The first-order chi connectivity index (χ1) is 11.3. The second kappa shape index (κ2) is 5.48. The second-order valence-corrected chi connectivity index (χ2v) is 8.34. The topological polar surface area (TPSA) is 80.3 Å². The molecule has 0 amide bonds. The van der Waals surface area contributed by atoms with E-state index in [1.54, 1.807) is 26.0 Å². The maximum absolute atomic E-state index is 12.6. The summed E-state index contributed by atoms with van der Waals surface area (Å²) in [4.78, 5) is 0.101. The van der Waals surface area contributed by atoms with Crippen molar-refractivity contribution in [3.63, 3.8) is 0 Å². The van der Waals surface area contributed by atoms with Gasteiger partial charge in [0.15, 0.2) is 12.1 Å². The zero-order valence-corrected chi connectivity index (χ0v) is 14.5. The smallest absolute Gasteiger partial charge is 0.297 e. The molecule has 1 aromatic carbocycles. The Bertz CT molecular complexity index is 727. The predicted octanol–water partition coefficient (Wildman–Crippen LogP) is 1.34. The van der Waals surface area contributed by atoms with Gasteiger partial charge in [-0.15, -0.1) is 0 Å². The summed E-state index contributed by atoms with van der Waals surface area (Å²) in [5.41, 5.74) is 0.969. The number of aryl methyl sites for hydroxylation is 1. The lowest BCUT2D eigenvalue weighted by molar-refractivity contribution is -0.195. The highest BCUT2D eigenvalue weighted by Gasteiger charge is 2.60. The Morgan fingerprint density at radius 2 is 1.79 bits per heavy atom. The van der Waals surface area contributed by atoms with Gasteiger partial charge in [-0.1, -0.05) is 17.7 Å². The van der Waals surface area contributed by atoms with E-state index < -0.39 is 46.6 Å². The van der Waals surface area contributed by atoms with Crippen LogP contribution >= 0.6 is 0 Å². The summed E-state index contributed by atoms with van der Waals surface area (Å²) in [7, 11) is -3.95. The molecule has 132 valence electrons. The Morgan fingerprint density at radius 3 is 2.50 bits per heavy atom. The Balaban J connectivity index is 1.62. The van der Waals surface area contributed by atoms with E-state index >= 15 is 0 Å². The lowest BCUT2D eigenvalue weighted by Crippen LogP contribution is -2.54. The molecule has 1 aromatic rings. The quantitative estimate of drug-likeness (QED) is 0.756. The van der Waals surface area contributed by atoms with Crippen LogP contribution in [0.1, 0.15) is 19.4 Å². The molecule has 8 heteroatoms. The molecule has 0 aliphatic carbocycles. The molecular weight excluding hydrogens is 336 g/mol. The molecule has 3 aliphatic rings. The monoisotopic (exact) mass is 356 g/mol. The van der Waals surface area contributed by atoms with Crippen LogP contribution in [-0.2, 0) is 33.2 Å². The second-order valence-electron chi connectivity index (χ2n) is 6.77. The average molecular weight is 356 g/mol. The molecule has 3 heterocycles. The van der Waals surface area contributed by atoms with Gasteiger partial charge in [-0.25, -0.2) is 0 Å². The molecular formula is C16H20O7S. The normalized spacial score (nSPS) is 37.4. The van der Waals surface area contributed by atoms with E-state index in [0.717, 1.165) is 5.56 Å². The minimum absolute atomic E-state index is 0.101. The fourth-order valence-corrected chi connectivity index (χ4v) is 4.41. The van der Waals surface area contributed by atoms with Crippen molar-refractivity contribution < 1.29 is 31.5 Å². The number of hydrogen-bond donors (Lipinski definition) is 0. The van der Waals surface area contributed by atoms with Crippen molar-refractivity contribution in [3.8, 4) is 0 Å². The van der Waals surface area contributed by atoms with Crippen molar-refractivity contribution in [2.24, 2.45) is 0 Å². The van der Waals surface area contributed by atoms with Crippen LogP contribution < -0.4 is 0 Å². The van der Waals surface area contributed by atoms with Gasteiger partial charge in [-0.05, 0) is 32.9 Å². The van der Waals surface area contributed by atoms with E-state index in [-0.39, 0.29) is 11.5 Å². The zero-order chi connectivity index (χ0) is 17.1. The number of rotatable bonds is 3. The van der Waals surface area contributed by atoms with Crippen molar-refractivity contribution in [2.45, 2.75) is 62.2 Å². The zero-order valence-electron chi connectivity index (χ0n) is 13.7. The van der Waals surface area contributed by atoms with Crippen LogP contribution in [-0.4, -0.2) is 51.5 Å². The molecule has 0 saturated carbocycles. The van der Waals surface area contributed by atoms with E-state index in [1.165, 1.54) is 12.1 Å². The maximum Gasteiger partial charge on any atom is 0.297 e. The maximum atomic E-state index is 12.6. The molecule has 3 saturated heterocycles. The number of fused-ring (bicyclic) bond motifs is 4. The Morgan fingerprint density at radius 1 is 1.12 bits per heavy atom. The van der Waals surface area contributed by atoms with Crippen LogP contribution in [0.25, 0.3) is 0 Å². The molecule has 2 bridgehead atoms. The van der Waals surface area contributed by atoms with Crippen LogP contribution in [0.5, 0.6) is 0 Å². The average Bonchev–Trinajstić information content (AvgIpc) is 3.07. The largest absolute Gasteiger partial charge is 0.347 e. The van der Waals surface area contributed by atoms with E-state index in [9.17, 15) is 8.42 Å². The molecule has 0 N–H and O–H groups in total. The molecule has 4 rings (SSSR count). The van der Waals surface area contributed by atoms with Crippen molar-refractivity contribution in [3.05, 3.63) is 29.8 Å².